The molecule has 1 aromatic carbocycles. The fraction of sp³-hybridized carbons (Fsp3) is 0.417. The number of benzene rings is 1. The molecule has 19 heavy (non-hydrogen) atoms. The minimum Gasteiger partial charge on any atom is -0.385 e. The van der Waals surface area contributed by atoms with E-state index in [0.29, 0.717) is 19.6 Å². The predicted octanol–water partition coefficient (Wildman–Crippen LogP) is 1.40. The first-order valence-electron chi connectivity index (χ1n) is 5.84. The number of nitrogens with zero attached hydrogens (tertiary/aromatic N) is 1. The largest absolute Gasteiger partial charge is 0.385 e. The lowest BCUT2D eigenvalue weighted by molar-refractivity contribution is -0.384. The number of nitro groups is 1. The van der Waals surface area contributed by atoms with Gasteiger partial charge in [-0.15, -0.1) is 0 Å². The van der Waals surface area contributed by atoms with Crippen molar-refractivity contribution in [2.24, 2.45) is 0 Å². The standard InChI is InChI=1S/C12H17N3O4/c1-13-11-9(5-3-6-10(11)15(17)18)12(16)14-7-4-8-19-2/h3,5-6,13H,4,7-8H2,1-2H3,(H,14,16). The Kier molecular flexibility index (Phi) is 5.74. The molecule has 0 fully saturated rings. The maximum atomic E-state index is 11.9. The van der Waals surface area contributed by atoms with E-state index in [4.69, 9.17) is 4.74 Å². The summed E-state index contributed by atoms with van der Waals surface area (Å²) in [7, 11) is 3.13. The molecule has 0 spiro atoms. The third kappa shape index (κ3) is 3.92. The second-order valence-electron chi connectivity index (χ2n) is 3.81. The van der Waals surface area contributed by atoms with Crippen LogP contribution in [0.2, 0.25) is 0 Å². The van der Waals surface area contributed by atoms with Gasteiger partial charge in [0.15, 0.2) is 0 Å². The summed E-state index contributed by atoms with van der Waals surface area (Å²) < 4.78 is 4.87. The maximum absolute atomic E-state index is 11.9. The first kappa shape index (κ1) is 14.9. The zero-order valence-electron chi connectivity index (χ0n) is 10.9. The summed E-state index contributed by atoms with van der Waals surface area (Å²) in [5.41, 5.74) is 0.359. The lowest BCUT2D eigenvalue weighted by Crippen LogP contribution is -2.26. The number of hydrogen-bond donors (Lipinski definition) is 2. The summed E-state index contributed by atoms with van der Waals surface area (Å²) in [6, 6.07) is 4.39. The van der Waals surface area contributed by atoms with E-state index in [9.17, 15) is 14.9 Å². The van der Waals surface area contributed by atoms with Crippen LogP contribution < -0.4 is 10.6 Å². The number of carbonyl (C=O) groups excluding carboxylic acids is 1. The van der Waals surface area contributed by atoms with Crippen LogP contribution in [0.5, 0.6) is 0 Å². The maximum Gasteiger partial charge on any atom is 0.293 e. The van der Waals surface area contributed by atoms with Gasteiger partial charge in [0.25, 0.3) is 11.6 Å². The van der Waals surface area contributed by atoms with Gasteiger partial charge in [-0.2, -0.15) is 0 Å². The number of anilines is 1. The van der Waals surface area contributed by atoms with Crippen LogP contribution in [0, 0.1) is 10.1 Å². The molecule has 0 aromatic heterocycles. The van der Waals surface area contributed by atoms with Crippen LogP contribution in [-0.4, -0.2) is 38.1 Å². The molecular weight excluding hydrogens is 250 g/mol. The van der Waals surface area contributed by atoms with E-state index in [1.807, 2.05) is 0 Å². The van der Waals surface area contributed by atoms with Gasteiger partial charge in [-0.05, 0) is 12.5 Å². The van der Waals surface area contributed by atoms with Crippen molar-refractivity contribution in [3.8, 4) is 0 Å². The van der Waals surface area contributed by atoms with E-state index in [0.717, 1.165) is 0 Å². The number of hydrogen-bond acceptors (Lipinski definition) is 5. The van der Waals surface area contributed by atoms with Gasteiger partial charge < -0.3 is 15.4 Å². The molecule has 0 bridgehead atoms. The van der Waals surface area contributed by atoms with Gasteiger partial charge in [0.05, 0.1) is 10.5 Å². The van der Waals surface area contributed by atoms with Gasteiger partial charge in [-0.1, -0.05) is 6.07 Å². The van der Waals surface area contributed by atoms with Crippen molar-refractivity contribution in [1.29, 1.82) is 0 Å². The molecule has 1 amide bonds. The Labute approximate surface area is 111 Å². The average Bonchev–Trinajstić information content (AvgIpc) is 2.42. The molecule has 0 aliphatic carbocycles. The molecule has 2 N–H and O–H groups in total. The Hall–Kier alpha value is -2.15. The number of methoxy groups -OCH3 is 1. The van der Waals surface area contributed by atoms with Gasteiger partial charge in [0.2, 0.25) is 0 Å². The number of ether oxygens (including phenoxy) is 1. The van der Waals surface area contributed by atoms with E-state index < -0.39 is 4.92 Å². The van der Waals surface area contributed by atoms with Crippen molar-refractivity contribution in [1.82, 2.24) is 5.32 Å². The summed E-state index contributed by atoms with van der Waals surface area (Å²) >= 11 is 0. The number of amides is 1. The molecule has 1 aromatic rings. The van der Waals surface area contributed by atoms with Crippen LogP contribution in [0.3, 0.4) is 0 Å². The van der Waals surface area contributed by atoms with Crippen LogP contribution >= 0.6 is 0 Å². The van der Waals surface area contributed by atoms with E-state index >= 15 is 0 Å². The molecule has 0 unspecified atom stereocenters. The smallest absolute Gasteiger partial charge is 0.293 e. The number of carbonyl (C=O) groups is 1. The molecule has 0 radical (unpaired) electrons. The third-order valence-electron chi connectivity index (χ3n) is 2.54. The average molecular weight is 267 g/mol. The Balaban J connectivity index is 2.84. The van der Waals surface area contributed by atoms with Crippen LogP contribution in [0.1, 0.15) is 16.8 Å². The Bertz CT molecular complexity index is 462. The minimum atomic E-state index is -0.520. The quantitative estimate of drug-likeness (QED) is 0.442. The van der Waals surface area contributed by atoms with E-state index in [2.05, 4.69) is 10.6 Å². The SMILES string of the molecule is CNc1c(C(=O)NCCCOC)cccc1[N+](=O)[O-]. The second-order valence-corrected chi connectivity index (χ2v) is 3.81. The van der Waals surface area contributed by atoms with Gasteiger partial charge in [-0.25, -0.2) is 0 Å². The van der Waals surface area contributed by atoms with Crippen LogP contribution in [0.15, 0.2) is 18.2 Å². The number of nitro benzene ring substituents is 1. The van der Waals surface area contributed by atoms with Gasteiger partial charge >= 0.3 is 0 Å². The first-order valence-corrected chi connectivity index (χ1v) is 5.84. The molecular formula is C12H17N3O4. The molecule has 0 aliphatic heterocycles. The predicted molar refractivity (Wildman–Crippen MR) is 71.5 cm³/mol. The minimum absolute atomic E-state index is 0.118. The zero-order chi connectivity index (χ0) is 14.3. The fourth-order valence-corrected chi connectivity index (χ4v) is 1.66. The van der Waals surface area contributed by atoms with Gasteiger partial charge in [-0.3, -0.25) is 14.9 Å². The molecule has 104 valence electrons. The number of rotatable bonds is 7. The normalized spacial score (nSPS) is 10.0. The van der Waals surface area contributed by atoms with Crippen molar-refractivity contribution in [3.63, 3.8) is 0 Å². The van der Waals surface area contributed by atoms with Crippen LogP contribution in [-0.2, 0) is 4.74 Å². The summed E-state index contributed by atoms with van der Waals surface area (Å²) in [6.07, 6.45) is 0.687. The van der Waals surface area contributed by atoms with Crippen molar-refractivity contribution in [2.45, 2.75) is 6.42 Å². The van der Waals surface area contributed by atoms with E-state index in [1.165, 1.54) is 12.1 Å². The zero-order valence-corrected chi connectivity index (χ0v) is 10.9. The second kappa shape index (κ2) is 7.32. The molecule has 1 rings (SSSR count). The first-order chi connectivity index (χ1) is 9.11. The molecule has 0 heterocycles. The highest BCUT2D eigenvalue weighted by Crippen LogP contribution is 2.27. The van der Waals surface area contributed by atoms with Crippen molar-refractivity contribution < 1.29 is 14.5 Å². The molecule has 0 atom stereocenters. The summed E-state index contributed by atoms with van der Waals surface area (Å²) in [6.45, 7) is 1.01. The monoisotopic (exact) mass is 267 g/mol. The Morgan fingerprint density at radius 1 is 1.47 bits per heavy atom. The Morgan fingerprint density at radius 3 is 2.79 bits per heavy atom. The fourth-order valence-electron chi connectivity index (χ4n) is 1.66. The van der Waals surface area contributed by atoms with Crippen molar-refractivity contribution in [3.05, 3.63) is 33.9 Å². The van der Waals surface area contributed by atoms with E-state index in [1.54, 1.807) is 20.2 Å². The third-order valence-corrected chi connectivity index (χ3v) is 2.54. The molecule has 7 heteroatoms. The molecule has 0 saturated heterocycles. The summed E-state index contributed by atoms with van der Waals surface area (Å²) in [5, 5.41) is 16.3. The lowest BCUT2D eigenvalue weighted by atomic mass is 10.1. The highest BCUT2D eigenvalue weighted by molar-refractivity contribution is 6.01. The van der Waals surface area contributed by atoms with Crippen molar-refractivity contribution >= 4 is 17.3 Å². The topological polar surface area (TPSA) is 93.5 Å². The van der Waals surface area contributed by atoms with Gasteiger partial charge in [0, 0.05) is 33.4 Å². The molecule has 0 saturated carbocycles. The lowest BCUT2D eigenvalue weighted by Gasteiger charge is -2.10. The highest BCUT2D eigenvalue weighted by Gasteiger charge is 2.20. The van der Waals surface area contributed by atoms with Crippen LogP contribution in [0.4, 0.5) is 11.4 Å². The Morgan fingerprint density at radius 2 is 2.21 bits per heavy atom. The summed E-state index contributed by atoms with van der Waals surface area (Å²) in [5.74, 6) is -0.343. The van der Waals surface area contributed by atoms with Crippen molar-refractivity contribution in [2.75, 3.05) is 32.6 Å². The van der Waals surface area contributed by atoms with Gasteiger partial charge in [0.1, 0.15) is 5.69 Å². The molecule has 7 nitrogen and oxygen atoms in total. The van der Waals surface area contributed by atoms with E-state index in [-0.39, 0.29) is 22.8 Å². The highest BCUT2D eigenvalue weighted by atomic mass is 16.6. The number of nitrogens with one attached hydrogen (secondary N) is 2. The molecule has 0 aliphatic rings. The summed E-state index contributed by atoms with van der Waals surface area (Å²) in [4.78, 5) is 22.3. The number of para-hydroxylation sites is 1. The van der Waals surface area contributed by atoms with Crippen LogP contribution in [0.25, 0.3) is 0 Å².